The number of pyridine rings is 1. The van der Waals surface area contributed by atoms with E-state index in [1.807, 2.05) is 32.0 Å². The van der Waals surface area contributed by atoms with Crippen LogP contribution < -0.4 is 10.1 Å². The Kier molecular flexibility index (Phi) is 5.86. The quantitative estimate of drug-likeness (QED) is 0.721. The van der Waals surface area contributed by atoms with Crippen molar-refractivity contribution in [2.45, 2.75) is 39.3 Å². The predicted octanol–water partition coefficient (Wildman–Crippen LogP) is 4.17. The molecular formula is C16H18ClIN2O2. The molecule has 1 heterocycles. The predicted molar refractivity (Wildman–Crippen MR) is 97.5 cm³/mol. The highest BCUT2D eigenvalue weighted by molar-refractivity contribution is 14.1. The lowest BCUT2D eigenvalue weighted by atomic mass is 10.2. The highest BCUT2D eigenvalue weighted by Crippen LogP contribution is 2.35. The lowest BCUT2D eigenvalue weighted by Gasteiger charge is -2.19. The molecule has 0 fully saturated rings. The normalized spacial score (nSPS) is 13.7. The van der Waals surface area contributed by atoms with Gasteiger partial charge in [0.05, 0.1) is 8.59 Å². The molecule has 6 heteroatoms. The van der Waals surface area contributed by atoms with E-state index < -0.39 is 6.10 Å². The van der Waals surface area contributed by atoms with Crippen molar-refractivity contribution < 1.29 is 9.53 Å². The first-order chi connectivity index (χ1) is 10.4. The third kappa shape index (κ3) is 3.81. The first kappa shape index (κ1) is 17.3. The summed E-state index contributed by atoms with van der Waals surface area (Å²) in [5.41, 5.74) is 0.669. The van der Waals surface area contributed by atoms with Gasteiger partial charge in [0.25, 0.3) is 5.91 Å². The fourth-order valence-electron chi connectivity index (χ4n) is 1.95. The van der Waals surface area contributed by atoms with Crippen molar-refractivity contribution in [3.63, 3.8) is 0 Å². The number of benzene rings is 1. The number of fused-ring (bicyclic) bond motifs is 1. The monoisotopic (exact) mass is 432 g/mol. The topological polar surface area (TPSA) is 51.2 Å². The van der Waals surface area contributed by atoms with Crippen LogP contribution >= 0.6 is 34.2 Å². The van der Waals surface area contributed by atoms with Gasteiger partial charge in [0.15, 0.2) is 11.9 Å². The van der Waals surface area contributed by atoms with E-state index in [1.165, 1.54) is 0 Å². The first-order valence-corrected chi connectivity index (χ1v) is 8.59. The average molecular weight is 433 g/mol. The van der Waals surface area contributed by atoms with Crippen LogP contribution in [0.25, 0.3) is 10.9 Å². The van der Waals surface area contributed by atoms with Crippen LogP contribution in [0.2, 0.25) is 5.02 Å². The van der Waals surface area contributed by atoms with Crippen molar-refractivity contribution in [1.29, 1.82) is 0 Å². The molecule has 0 radical (unpaired) electrons. The van der Waals surface area contributed by atoms with Crippen LogP contribution in [0.15, 0.2) is 24.4 Å². The number of ether oxygens (including phenoxy) is 1. The van der Waals surface area contributed by atoms with E-state index in [0.717, 1.165) is 15.4 Å². The van der Waals surface area contributed by atoms with Gasteiger partial charge >= 0.3 is 0 Å². The Hall–Kier alpha value is -1.08. The summed E-state index contributed by atoms with van der Waals surface area (Å²) in [6.45, 7) is 5.72. The van der Waals surface area contributed by atoms with Gasteiger partial charge in [-0.05, 0) is 61.1 Å². The molecule has 2 rings (SSSR count). The molecule has 1 aromatic heterocycles. The van der Waals surface area contributed by atoms with Crippen molar-refractivity contribution in [1.82, 2.24) is 10.3 Å². The van der Waals surface area contributed by atoms with Crippen LogP contribution in [0.3, 0.4) is 0 Å². The summed E-state index contributed by atoms with van der Waals surface area (Å²) in [6, 6.07) is 5.65. The molecule has 0 aliphatic heterocycles. The molecule has 2 aromatic rings. The van der Waals surface area contributed by atoms with E-state index in [0.29, 0.717) is 16.3 Å². The molecule has 1 N–H and O–H groups in total. The molecule has 1 amide bonds. The van der Waals surface area contributed by atoms with Gasteiger partial charge in [-0.3, -0.25) is 9.78 Å². The van der Waals surface area contributed by atoms with E-state index in [2.05, 4.69) is 32.9 Å². The number of carbonyl (C=O) groups excluding carboxylic acids is 1. The Bertz CT molecular complexity index is 693. The molecule has 2 unspecified atom stereocenters. The van der Waals surface area contributed by atoms with E-state index in [-0.39, 0.29) is 11.9 Å². The maximum absolute atomic E-state index is 12.1. The number of carbonyl (C=O) groups is 1. The summed E-state index contributed by atoms with van der Waals surface area (Å²) >= 11 is 8.38. The first-order valence-electron chi connectivity index (χ1n) is 7.13. The van der Waals surface area contributed by atoms with Crippen LogP contribution in [-0.2, 0) is 4.79 Å². The SMILES string of the molecule is CCC(C)NC(=O)C(C)Oc1c(I)cc(Cl)c2cccnc12. The molecular weight excluding hydrogens is 415 g/mol. The van der Waals surface area contributed by atoms with Gasteiger partial charge in [0.2, 0.25) is 0 Å². The number of amides is 1. The van der Waals surface area contributed by atoms with Gasteiger partial charge in [-0.1, -0.05) is 18.5 Å². The van der Waals surface area contributed by atoms with Crippen molar-refractivity contribution >= 4 is 51.0 Å². The highest BCUT2D eigenvalue weighted by Gasteiger charge is 2.20. The van der Waals surface area contributed by atoms with Crippen LogP contribution in [0.1, 0.15) is 27.2 Å². The second kappa shape index (κ2) is 7.46. The Labute approximate surface area is 148 Å². The van der Waals surface area contributed by atoms with Crippen LogP contribution in [-0.4, -0.2) is 23.0 Å². The van der Waals surface area contributed by atoms with Crippen molar-refractivity contribution in [2.24, 2.45) is 0 Å². The minimum absolute atomic E-state index is 0.123. The Morgan fingerprint density at radius 3 is 2.91 bits per heavy atom. The van der Waals surface area contributed by atoms with E-state index in [9.17, 15) is 4.79 Å². The molecule has 22 heavy (non-hydrogen) atoms. The summed E-state index contributed by atoms with van der Waals surface area (Å²) in [5.74, 6) is 0.455. The van der Waals surface area contributed by atoms with Crippen molar-refractivity contribution in [3.05, 3.63) is 33.0 Å². The molecule has 0 spiro atoms. The minimum Gasteiger partial charge on any atom is -0.477 e. The second-order valence-corrected chi connectivity index (χ2v) is 6.72. The number of nitrogens with zero attached hydrogens (tertiary/aromatic N) is 1. The van der Waals surface area contributed by atoms with E-state index in [4.69, 9.17) is 16.3 Å². The largest absolute Gasteiger partial charge is 0.477 e. The maximum atomic E-state index is 12.1. The standard InChI is InChI=1S/C16H18ClIN2O2/c1-4-9(2)20-16(21)10(3)22-15-13(18)8-12(17)11-6-5-7-19-14(11)15/h5-10H,4H2,1-3H3,(H,20,21). The fourth-order valence-corrected chi connectivity index (χ4v) is 3.09. The second-order valence-electron chi connectivity index (χ2n) is 5.15. The van der Waals surface area contributed by atoms with Crippen molar-refractivity contribution in [3.8, 4) is 5.75 Å². The Balaban J connectivity index is 2.30. The zero-order valence-electron chi connectivity index (χ0n) is 12.7. The minimum atomic E-state index is -0.603. The molecule has 0 aliphatic rings. The Morgan fingerprint density at radius 2 is 2.23 bits per heavy atom. The summed E-state index contributed by atoms with van der Waals surface area (Å²) < 4.78 is 6.71. The average Bonchev–Trinajstić information content (AvgIpc) is 2.50. The van der Waals surface area contributed by atoms with Crippen LogP contribution in [0.4, 0.5) is 0 Å². The molecule has 0 bridgehead atoms. The maximum Gasteiger partial charge on any atom is 0.260 e. The lowest BCUT2D eigenvalue weighted by Crippen LogP contribution is -2.41. The zero-order chi connectivity index (χ0) is 16.3. The summed E-state index contributed by atoms with van der Waals surface area (Å²) in [4.78, 5) is 16.5. The molecule has 118 valence electrons. The number of aromatic nitrogens is 1. The summed E-state index contributed by atoms with van der Waals surface area (Å²) in [5, 5.41) is 4.35. The molecule has 1 aromatic carbocycles. The molecule has 4 nitrogen and oxygen atoms in total. The van der Waals surface area contributed by atoms with E-state index >= 15 is 0 Å². The number of nitrogens with one attached hydrogen (secondary N) is 1. The lowest BCUT2D eigenvalue weighted by molar-refractivity contribution is -0.127. The van der Waals surface area contributed by atoms with E-state index in [1.54, 1.807) is 13.1 Å². The third-order valence-electron chi connectivity index (χ3n) is 3.42. The van der Waals surface area contributed by atoms with Crippen molar-refractivity contribution in [2.75, 3.05) is 0 Å². The molecule has 0 saturated heterocycles. The number of hydrogen-bond acceptors (Lipinski definition) is 3. The van der Waals surface area contributed by atoms with Gasteiger partial charge in [-0.25, -0.2) is 0 Å². The van der Waals surface area contributed by atoms with Crippen LogP contribution in [0.5, 0.6) is 5.75 Å². The van der Waals surface area contributed by atoms with Gasteiger partial charge in [0.1, 0.15) is 5.52 Å². The number of halogens is 2. The summed E-state index contributed by atoms with van der Waals surface area (Å²) in [6.07, 6.45) is 1.96. The van der Waals surface area contributed by atoms with Gasteiger partial charge in [-0.2, -0.15) is 0 Å². The highest BCUT2D eigenvalue weighted by atomic mass is 127. The molecule has 0 saturated carbocycles. The van der Waals surface area contributed by atoms with Crippen LogP contribution in [0, 0.1) is 3.57 Å². The van der Waals surface area contributed by atoms with Gasteiger partial charge < -0.3 is 10.1 Å². The summed E-state index contributed by atoms with van der Waals surface area (Å²) in [7, 11) is 0. The van der Waals surface area contributed by atoms with Gasteiger partial charge in [-0.15, -0.1) is 0 Å². The molecule has 2 atom stereocenters. The Morgan fingerprint density at radius 1 is 1.50 bits per heavy atom. The zero-order valence-corrected chi connectivity index (χ0v) is 15.6. The third-order valence-corrected chi connectivity index (χ3v) is 4.53. The molecule has 0 aliphatic carbocycles. The van der Waals surface area contributed by atoms with Gasteiger partial charge in [0, 0.05) is 17.6 Å². The number of rotatable bonds is 5. The fraction of sp³-hybridized carbons (Fsp3) is 0.375. The number of hydrogen-bond donors (Lipinski definition) is 1. The smallest absolute Gasteiger partial charge is 0.260 e.